The Hall–Kier alpha value is -3.94. The number of hydrogen-bond acceptors (Lipinski definition) is 5. The van der Waals surface area contributed by atoms with Crippen LogP contribution in [-0.2, 0) is 11.2 Å². The molecule has 8 rings (SSSR count). The summed E-state index contributed by atoms with van der Waals surface area (Å²) in [6.07, 6.45) is 5.60. The van der Waals surface area contributed by atoms with E-state index < -0.39 is 5.97 Å². The van der Waals surface area contributed by atoms with E-state index in [1.807, 2.05) is 42.5 Å². The number of nitrogens with one attached hydrogen (secondary N) is 1. The third-order valence-electron chi connectivity index (χ3n) is 9.84. The molecule has 0 aliphatic heterocycles. The first-order chi connectivity index (χ1) is 20.7. The number of carbonyl (C=O) groups excluding carboxylic acids is 2. The number of nitrogens with two attached hydrogens (primary N) is 1. The fourth-order valence-electron chi connectivity index (χ4n) is 8.26. The van der Waals surface area contributed by atoms with Crippen LogP contribution in [0, 0.1) is 17.8 Å². The van der Waals surface area contributed by atoms with Crippen molar-refractivity contribution in [2.24, 2.45) is 23.5 Å². The fourth-order valence-corrected chi connectivity index (χ4v) is 8.43. The lowest BCUT2D eigenvalue weighted by Crippen LogP contribution is -2.64. The van der Waals surface area contributed by atoms with Crippen molar-refractivity contribution in [3.05, 3.63) is 110 Å². The highest BCUT2D eigenvalue weighted by molar-refractivity contribution is 6.31. The molecule has 4 aromatic rings. The number of benzene rings is 3. The number of rotatable bonds is 6. The Kier molecular flexibility index (Phi) is 6.90. The quantitative estimate of drug-likeness (QED) is 0.280. The number of aromatic nitrogens is 1. The van der Waals surface area contributed by atoms with Gasteiger partial charge in [0.2, 0.25) is 0 Å². The molecular formula is C35H34ClN3O4. The molecule has 8 heteroatoms. The topological polar surface area (TPSA) is 103 Å². The molecule has 1 amide bonds. The minimum atomic E-state index is -0.622. The summed E-state index contributed by atoms with van der Waals surface area (Å²) >= 11 is 6.34. The lowest BCUT2D eigenvalue weighted by atomic mass is 9.51. The van der Waals surface area contributed by atoms with Crippen molar-refractivity contribution >= 4 is 34.4 Å². The van der Waals surface area contributed by atoms with E-state index in [-0.39, 0.29) is 35.0 Å². The highest BCUT2D eigenvalue weighted by Crippen LogP contribution is 2.54. The second kappa shape index (κ2) is 10.6. The van der Waals surface area contributed by atoms with Crippen LogP contribution in [0.2, 0.25) is 5.02 Å². The third kappa shape index (κ3) is 4.94. The van der Waals surface area contributed by atoms with Crippen LogP contribution < -0.4 is 16.5 Å². The molecule has 3 N–H and O–H groups in total. The van der Waals surface area contributed by atoms with Gasteiger partial charge in [-0.2, -0.15) is 0 Å². The number of esters is 1. The van der Waals surface area contributed by atoms with Gasteiger partial charge in [-0.05, 0) is 97.9 Å². The zero-order chi connectivity index (χ0) is 29.9. The minimum absolute atomic E-state index is 0.0451. The van der Waals surface area contributed by atoms with Crippen LogP contribution in [0.5, 0.6) is 0 Å². The Bertz CT molecular complexity index is 1780. The van der Waals surface area contributed by atoms with E-state index in [4.69, 9.17) is 22.1 Å². The van der Waals surface area contributed by atoms with Crippen molar-refractivity contribution in [3.8, 4) is 5.69 Å². The summed E-state index contributed by atoms with van der Waals surface area (Å²) in [5.41, 5.74) is 9.40. The van der Waals surface area contributed by atoms with Crippen LogP contribution in [0.1, 0.15) is 64.1 Å². The largest absolute Gasteiger partial charge is 0.464 e. The molecule has 43 heavy (non-hydrogen) atoms. The van der Waals surface area contributed by atoms with E-state index in [1.54, 1.807) is 34.9 Å². The summed E-state index contributed by atoms with van der Waals surface area (Å²) in [7, 11) is 1.30. The normalized spacial score (nSPS) is 25.6. The van der Waals surface area contributed by atoms with Crippen LogP contribution in [0.3, 0.4) is 0 Å². The molecular weight excluding hydrogens is 562 g/mol. The van der Waals surface area contributed by atoms with E-state index in [1.165, 1.54) is 7.11 Å². The number of methoxy groups -OCH3 is 1. The first-order valence-corrected chi connectivity index (χ1v) is 15.3. The summed E-state index contributed by atoms with van der Waals surface area (Å²) < 4.78 is 6.93. The number of ether oxygens (including phenoxy) is 1. The molecule has 7 nitrogen and oxygen atoms in total. The zero-order valence-corrected chi connectivity index (χ0v) is 24.8. The van der Waals surface area contributed by atoms with Crippen LogP contribution in [0.15, 0.2) is 77.6 Å². The van der Waals surface area contributed by atoms with E-state index in [2.05, 4.69) is 5.32 Å². The van der Waals surface area contributed by atoms with E-state index in [9.17, 15) is 14.4 Å². The molecule has 220 valence electrons. The van der Waals surface area contributed by atoms with Crippen LogP contribution >= 0.6 is 11.6 Å². The van der Waals surface area contributed by atoms with Crippen molar-refractivity contribution in [2.45, 2.75) is 50.1 Å². The second-order valence-electron chi connectivity index (χ2n) is 12.7. The summed E-state index contributed by atoms with van der Waals surface area (Å²) in [6.45, 7) is 0. The summed E-state index contributed by atoms with van der Waals surface area (Å²) in [5.74, 6) is 0.892. The van der Waals surface area contributed by atoms with Gasteiger partial charge >= 0.3 is 5.97 Å². The molecule has 0 radical (unpaired) electrons. The van der Waals surface area contributed by atoms with Gasteiger partial charge in [-0.3, -0.25) is 9.59 Å². The molecule has 1 heterocycles. The van der Waals surface area contributed by atoms with Gasteiger partial charge in [0.25, 0.3) is 5.91 Å². The van der Waals surface area contributed by atoms with Gasteiger partial charge in [-0.1, -0.05) is 41.9 Å². The second-order valence-corrected chi connectivity index (χ2v) is 13.1. The van der Waals surface area contributed by atoms with Crippen molar-refractivity contribution in [2.75, 3.05) is 7.11 Å². The lowest BCUT2D eigenvalue weighted by Gasteiger charge is -2.58. The number of para-hydroxylation sites is 1. The van der Waals surface area contributed by atoms with Crippen molar-refractivity contribution in [1.82, 2.24) is 9.88 Å². The molecule has 4 saturated carbocycles. The Labute approximate surface area is 255 Å². The summed E-state index contributed by atoms with van der Waals surface area (Å²) in [4.78, 5) is 40.5. The van der Waals surface area contributed by atoms with Crippen molar-refractivity contribution < 1.29 is 14.3 Å². The highest BCUT2D eigenvalue weighted by Gasteiger charge is 2.54. The van der Waals surface area contributed by atoms with Crippen LogP contribution in [0.25, 0.3) is 16.6 Å². The van der Waals surface area contributed by atoms with Gasteiger partial charge in [0.05, 0.1) is 12.6 Å². The predicted molar refractivity (Wildman–Crippen MR) is 167 cm³/mol. The fraction of sp³-hybridized carbons (Fsp3) is 0.343. The maximum absolute atomic E-state index is 13.9. The first-order valence-electron chi connectivity index (χ1n) is 14.9. The number of pyridine rings is 1. The summed E-state index contributed by atoms with van der Waals surface area (Å²) in [5, 5.41) is 4.23. The van der Waals surface area contributed by atoms with Gasteiger partial charge in [-0.15, -0.1) is 0 Å². The molecule has 5 atom stereocenters. The monoisotopic (exact) mass is 595 g/mol. The third-order valence-corrected chi connectivity index (χ3v) is 10.1. The number of nitrogens with zero attached hydrogens (tertiary/aromatic N) is 1. The molecule has 4 fully saturated rings. The predicted octanol–water partition coefficient (Wildman–Crippen LogP) is 5.66. The number of carbonyl (C=O) groups is 2. The molecule has 3 aromatic carbocycles. The maximum atomic E-state index is 13.9. The van der Waals surface area contributed by atoms with Gasteiger partial charge in [0.1, 0.15) is 5.69 Å². The summed E-state index contributed by atoms with van der Waals surface area (Å²) in [6, 6.07) is 21.8. The zero-order valence-electron chi connectivity index (χ0n) is 24.0. The van der Waals surface area contributed by atoms with Gasteiger partial charge in [0, 0.05) is 45.2 Å². The standard InChI is InChI=1S/C35H34ClN3O4/c1-43-34(42)31-28(32(40)27-12-11-25(36)16-29(27)39(31)26-5-3-2-4-6-26)15-20-7-9-22(10-8-20)33(41)38-30-23-13-21-14-24(30)19-35(37,17-21)18-23/h2-12,16,21,23-24,30H,13-15,17-19,37H2,1H3,(H,38,41)/t21-,23-,24+,30-,35+. The molecule has 0 unspecified atom stereocenters. The number of fused-ring (bicyclic) bond motifs is 1. The number of hydrogen-bond donors (Lipinski definition) is 2. The molecule has 0 spiro atoms. The Morgan fingerprint density at radius 3 is 2.35 bits per heavy atom. The van der Waals surface area contributed by atoms with E-state index in [0.717, 1.165) is 37.7 Å². The van der Waals surface area contributed by atoms with Gasteiger partial charge in [0.15, 0.2) is 5.43 Å². The molecule has 4 aliphatic carbocycles. The molecule has 4 bridgehead atoms. The van der Waals surface area contributed by atoms with Gasteiger partial charge < -0.3 is 20.4 Å². The highest BCUT2D eigenvalue weighted by atomic mass is 35.5. The van der Waals surface area contributed by atoms with Crippen molar-refractivity contribution in [3.63, 3.8) is 0 Å². The number of amides is 1. The smallest absolute Gasteiger partial charge is 0.355 e. The molecule has 0 saturated heterocycles. The molecule has 4 aliphatic rings. The maximum Gasteiger partial charge on any atom is 0.355 e. The average molecular weight is 596 g/mol. The minimum Gasteiger partial charge on any atom is -0.464 e. The van der Waals surface area contributed by atoms with E-state index >= 15 is 0 Å². The van der Waals surface area contributed by atoms with Crippen molar-refractivity contribution in [1.29, 1.82) is 0 Å². The van der Waals surface area contributed by atoms with Gasteiger partial charge in [-0.25, -0.2) is 4.79 Å². The van der Waals surface area contributed by atoms with E-state index in [0.29, 0.717) is 50.5 Å². The number of halogens is 1. The first kappa shape index (κ1) is 27.9. The Morgan fingerprint density at radius 1 is 1.00 bits per heavy atom. The average Bonchev–Trinajstić information content (AvgIpc) is 2.99. The molecule has 1 aromatic heterocycles. The Balaban J connectivity index is 1.21. The Morgan fingerprint density at radius 2 is 1.70 bits per heavy atom. The lowest BCUT2D eigenvalue weighted by molar-refractivity contribution is -0.0278. The van der Waals surface area contributed by atoms with Crippen LogP contribution in [-0.4, -0.2) is 35.1 Å². The van der Waals surface area contributed by atoms with Crippen LogP contribution in [0.4, 0.5) is 0 Å². The SMILES string of the molecule is COC(=O)c1c(Cc2ccc(C(=O)N[C@@H]3[C@@H]4C[C@@H]5C[C@H]3C[C@](N)(C5)C4)cc2)c(=O)c2ccc(Cl)cc2n1-c1ccccc1.